The molecule has 2 heterocycles. The number of amidine groups is 1. The smallest absolute Gasteiger partial charge is 0.227 e. The van der Waals surface area contributed by atoms with E-state index in [1.807, 2.05) is 24.6 Å². The first-order valence-corrected chi connectivity index (χ1v) is 9.39. The average molecular weight is 357 g/mol. The molecule has 1 aromatic rings. The van der Waals surface area contributed by atoms with Crippen molar-refractivity contribution in [3.05, 3.63) is 18.2 Å². The number of rotatable bonds is 3. The van der Waals surface area contributed by atoms with Crippen molar-refractivity contribution in [2.24, 2.45) is 4.99 Å². The first-order valence-electron chi connectivity index (χ1n) is 8.16. The third-order valence-electron chi connectivity index (χ3n) is 4.29. The largest absolute Gasteiger partial charge is 0.312 e. The lowest BCUT2D eigenvalue weighted by molar-refractivity contribution is -0.117. The summed E-state index contributed by atoms with van der Waals surface area (Å²) in [5.41, 5.74) is 2.08. The van der Waals surface area contributed by atoms with Crippen LogP contribution < -0.4 is 15.1 Å². The Morgan fingerprint density at radius 3 is 2.44 bits per heavy atom. The predicted octanol–water partition coefficient (Wildman–Crippen LogP) is 2.36. The lowest BCUT2D eigenvalue weighted by Crippen LogP contribution is -2.26. The standard InChI is InChI=1S/C17H19N5O2S/c1-25-17(19-11-18)20-13-7-6-12(21-8-2-4-15(21)23)10-14(13)22-9-3-5-16(22)24/h6-7,10H,2-5,8-9H2,1H3,(H,19,20). The minimum Gasteiger partial charge on any atom is -0.312 e. The fraction of sp³-hybridized carbons (Fsp3) is 0.412. The predicted molar refractivity (Wildman–Crippen MR) is 99.0 cm³/mol. The first-order chi connectivity index (χ1) is 12.1. The summed E-state index contributed by atoms with van der Waals surface area (Å²) in [4.78, 5) is 32.2. The van der Waals surface area contributed by atoms with E-state index in [0.29, 0.717) is 42.5 Å². The zero-order valence-corrected chi connectivity index (χ0v) is 14.8. The van der Waals surface area contributed by atoms with Crippen LogP contribution in [0.4, 0.5) is 17.1 Å². The number of hydrogen-bond donors (Lipinski definition) is 1. The van der Waals surface area contributed by atoms with Gasteiger partial charge in [0.05, 0.1) is 11.4 Å². The summed E-state index contributed by atoms with van der Waals surface area (Å²) in [6.07, 6.45) is 6.41. The molecule has 2 fully saturated rings. The van der Waals surface area contributed by atoms with Gasteiger partial charge in [-0.05, 0) is 37.3 Å². The van der Waals surface area contributed by atoms with Crippen molar-refractivity contribution in [3.63, 3.8) is 0 Å². The molecule has 25 heavy (non-hydrogen) atoms. The van der Waals surface area contributed by atoms with Crippen LogP contribution >= 0.6 is 11.8 Å². The highest BCUT2D eigenvalue weighted by Gasteiger charge is 2.27. The minimum atomic E-state index is 0.0558. The number of amides is 2. The molecule has 0 saturated carbocycles. The monoisotopic (exact) mass is 357 g/mol. The number of thioether (sulfide) groups is 1. The summed E-state index contributed by atoms with van der Waals surface area (Å²) in [6.45, 7) is 1.33. The summed E-state index contributed by atoms with van der Waals surface area (Å²) >= 11 is 1.32. The molecule has 0 unspecified atom stereocenters. The highest BCUT2D eigenvalue weighted by Crippen LogP contribution is 2.37. The van der Waals surface area contributed by atoms with Gasteiger partial charge in [0, 0.05) is 31.6 Å². The van der Waals surface area contributed by atoms with Gasteiger partial charge in [0.25, 0.3) is 0 Å². The number of carbonyl (C=O) groups is 2. The second kappa shape index (κ2) is 7.57. The van der Waals surface area contributed by atoms with Crippen molar-refractivity contribution in [2.75, 3.05) is 29.1 Å². The summed E-state index contributed by atoms with van der Waals surface area (Å²) in [5.74, 6) is 0.159. The summed E-state index contributed by atoms with van der Waals surface area (Å²) in [5, 5.41) is 11.8. The van der Waals surface area contributed by atoms with Gasteiger partial charge in [0.1, 0.15) is 0 Å². The molecule has 1 aromatic carbocycles. The highest BCUT2D eigenvalue weighted by atomic mass is 32.2. The molecule has 0 radical (unpaired) electrons. The van der Waals surface area contributed by atoms with E-state index >= 15 is 0 Å². The Bertz CT molecular complexity index is 771. The van der Waals surface area contributed by atoms with Gasteiger partial charge in [-0.3, -0.25) is 14.9 Å². The Hall–Kier alpha value is -2.53. The lowest BCUT2D eigenvalue weighted by atomic mass is 10.2. The Morgan fingerprint density at radius 1 is 1.20 bits per heavy atom. The van der Waals surface area contributed by atoms with Crippen LogP contribution in [0.15, 0.2) is 23.2 Å². The van der Waals surface area contributed by atoms with Gasteiger partial charge in [-0.15, -0.1) is 0 Å². The molecule has 130 valence electrons. The number of aliphatic imine (C=N–C) groups is 1. The van der Waals surface area contributed by atoms with Crippen LogP contribution in [0, 0.1) is 11.5 Å². The molecular formula is C17H19N5O2S. The first kappa shape index (κ1) is 17.3. The van der Waals surface area contributed by atoms with Crippen molar-refractivity contribution in [1.82, 2.24) is 5.32 Å². The van der Waals surface area contributed by atoms with Gasteiger partial charge < -0.3 is 9.80 Å². The molecule has 8 heteroatoms. The normalized spacial score (nSPS) is 18.0. The maximum absolute atomic E-state index is 12.2. The fourth-order valence-corrected chi connectivity index (χ4v) is 3.43. The average Bonchev–Trinajstić information content (AvgIpc) is 3.23. The van der Waals surface area contributed by atoms with Crippen molar-refractivity contribution in [3.8, 4) is 6.19 Å². The number of carbonyl (C=O) groups excluding carboxylic acids is 2. The van der Waals surface area contributed by atoms with Gasteiger partial charge in [-0.1, -0.05) is 11.8 Å². The van der Waals surface area contributed by atoms with E-state index in [0.717, 1.165) is 18.5 Å². The van der Waals surface area contributed by atoms with Crippen LogP contribution in [0.2, 0.25) is 0 Å². The van der Waals surface area contributed by atoms with Crippen LogP contribution in [-0.2, 0) is 9.59 Å². The Balaban J connectivity index is 2.03. The minimum absolute atomic E-state index is 0.0558. The van der Waals surface area contributed by atoms with Gasteiger partial charge in [-0.2, -0.15) is 5.26 Å². The molecule has 2 amide bonds. The zero-order chi connectivity index (χ0) is 17.8. The van der Waals surface area contributed by atoms with Gasteiger partial charge in [-0.25, -0.2) is 4.99 Å². The fourth-order valence-electron chi connectivity index (χ4n) is 3.10. The van der Waals surface area contributed by atoms with E-state index in [4.69, 9.17) is 5.26 Å². The molecule has 2 aliphatic rings. The van der Waals surface area contributed by atoms with Crippen LogP contribution in [0.1, 0.15) is 25.7 Å². The SMILES string of the molecule is CSC(=Nc1ccc(N2CCCC2=O)cc1N1CCCC1=O)NC#N. The molecule has 2 aliphatic heterocycles. The number of benzene rings is 1. The van der Waals surface area contributed by atoms with Gasteiger partial charge in [0.2, 0.25) is 11.8 Å². The van der Waals surface area contributed by atoms with Gasteiger partial charge >= 0.3 is 0 Å². The number of nitrogens with one attached hydrogen (secondary N) is 1. The van der Waals surface area contributed by atoms with Crippen molar-refractivity contribution in [1.29, 1.82) is 5.26 Å². The molecule has 0 atom stereocenters. The molecule has 1 N–H and O–H groups in total. The number of anilines is 2. The molecule has 3 rings (SSSR count). The van der Waals surface area contributed by atoms with Crippen molar-refractivity contribution in [2.45, 2.75) is 25.7 Å². The Kier molecular flexibility index (Phi) is 5.24. The second-order valence-electron chi connectivity index (χ2n) is 5.83. The molecule has 0 aromatic heterocycles. The molecule has 0 aliphatic carbocycles. The molecule has 7 nitrogen and oxygen atoms in total. The van der Waals surface area contributed by atoms with E-state index < -0.39 is 0 Å². The topological polar surface area (TPSA) is 88.8 Å². The summed E-state index contributed by atoms with van der Waals surface area (Å²) in [6, 6.07) is 5.50. The number of nitriles is 1. The third-order valence-corrected chi connectivity index (χ3v) is 4.87. The Morgan fingerprint density at radius 2 is 1.88 bits per heavy atom. The van der Waals surface area contributed by atoms with E-state index in [2.05, 4.69) is 10.3 Å². The highest BCUT2D eigenvalue weighted by molar-refractivity contribution is 8.13. The van der Waals surface area contributed by atoms with Crippen LogP contribution in [-0.4, -0.2) is 36.3 Å². The van der Waals surface area contributed by atoms with Crippen molar-refractivity contribution < 1.29 is 9.59 Å². The van der Waals surface area contributed by atoms with E-state index in [-0.39, 0.29) is 11.8 Å². The third kappa shape index (κ3) is 3.61. The quantitative estimate of drug-likeness (QED) is 0.388. The molecule has 2 saturated heterocycles. The maximum atomic E-state index is 12.2. The van der Waals surface area contributed by atoms with E-state index in [9.17, 15) is 9.59 Å². The van der Waals surface area contributed by atoms with Crippen molar-refractivity contribution >= 4 is 45.8 Å². The molecular weight excluding hydrogens is 338 g/mol. The molecule has 0 bridgehead atoms. The number of nitrogens with zero attached hydrogens (tertiary/aromatic N) is 4. The summed E-state index contributed by atoms with van der Waals surface area (Å²) < 4.78 is 0. The maximum Gasteiger partial charge on any atom is 0.227 e. The summed E-state index contributed by atoms with van der Waals surface area (Å²) in [7, 11) is 0. The van der Waals surface area contributed by atoms with Crippen LogP contribution in [0.25, 0.3) is 0 Å². The van der Waals surface area contributed by atoms with Crippen LogP contribution in [0.3, 0.4) is 0 Å². The van der Waals surface area contributed by atoms with Crippen LogP contribution in [0.5, 0.6) is 0 Å². The van der Waals surface area contributed by atoms with E-state index in [1.165, 1.54) is 11.8 Å². The number of hydrogen-bond acceptors (Lipinski definition) is 5. The van der Waals surface area contributed by atoms with Gasteiger partial charge in [0.15, 0.2) is 11.4 Å². The second-order valence-corrected chi connectivity index (χ2v) is 6.62. The molecule has 0 spiro atoms. The lowest BCUT2D eigenvalue weighted by Gasteiger charge is -2.22. The Labute approximate surface area is 150 Å². The van der Waals surface area contributed by atoms with E-state index in [1.54, 1.807) is 15.9 Å². The zero-order valence-electron chi connectivity index (χ0n) is 14.0.